The standard InChI is InChI=1S/C25H31N2.BrH/c1-27(2)23-14-9-15-24(27)17-20(16-23)18-25(19-26,21-10-5-3-6-11-21)22-12-7-4-8-13-22;/h3-8,10-13,20,23-24H,9,14-18H2,1-2H3;1H/q+1;/p-1/t20-,23+,24-;. The largest absolute Gasteiger partial charge is 1.00 e. The summed E-state index contributed by atoms with van der Waals surface area (Å²) in [5.74, 6) is 0.617. The minimum atomic E-state index is -0.546. The van der Waals surface area contributed by atoms with E-state index in [1.54, 1.807) is 0 Å². The second kappa shape index (κ2) is 8.39. The van der Waals surface area contributed by atoms with E-state index in [9.17, 15) is 5.26 Å². The molecule has 2 bridgehead atoms. The van der Waals surface area contributed by atoms with Crippen LogP contribution in [0.1, 0.15) is 49.7 Å². The maximum Gasteiger partial charge on any atom is 0.107 e. The molecule has 2 fully saturated rings. The molecule has 2 aliphatic rings. The van der Waals surface area contributed by atoms with Gasteiger partial charge in [0.25, 0.3) is 0 Å². The quantitative estimate of drug-likeness (QED) is 0.671. The SMILES string of the molecule is C[N+]1(C)[C@@H]2CCC[C@H]1C[C@@H](CC(C#N)(c1ccccc1)c1ccccc1)C2.[Br-]. The van der Waals surface area contributed by atoms with Gasteiger partial charge in [0.15, 0.2) is 0 Å². The van der Waals surface area contributed by atoms with Gasteiger partial charge in [-0.05, 0) is 42.7 Å². The van der Waals surface area contributed by atoms with Crippen molar-refractivity contribution >= 4 is 0 Å². The Kier molecular flexibility index (Phi) is 6.32. The van der Waals surface area contributed by atoms with Gasteiger partial charge < -0.3 is 21.5 Å². The number of hydrogen-bond acceptors (Lipinski definition) is 1. The monoisotopic (exact) mass is 438 g/mol. The third-order valence-electron chi connectivity index (χ3n) is 7.49. The van der Waals surface area contributed by atoms with Gasteiger partial charge in [-0.2, -0.15) is 5.26 Å². The summed E-state index contributed by atoms with van der Waals surface area (Å²) in [6.07, 6.45) is 7.51. The van der Waals surface area contributed by atoms with Crippen molar-refractivity contribution in [1.82, 2.24) is 0 Å². The Morgan fingerprint density at radius 2 is 1.36 bits per heavy atom. The molecule has 0 spiro atoms. The third-order valence-corrected chi connectivity index (χ3v) is 7.49. The van der Waals surface area contributed by atoms with Crippen LogP contribution in [-0.4, -0.2) is 30.7 Å². The number of quaternary nitrogens is 1. The normalized spacial score (nSPS) is 26.0. The summed E-state index contributed by atoms with van der Waals surface area (Å²) in [7, 11) is 4.85. The molecule has 2 saturated heterocycles. The van der Waals surface area contributed by atoms with Crippen molar-refractivity contribution in [2.75, 3.05) is 14.1 Å². The highest BCUT2D eigenvalue weighted by Gasteiger charge is 2.48. The topological polar surface area (TPSA) is 23.8 Å². The number of hydrogen-bond donors (Lipinski definition) is 0. The number of nitriles is 1. The van der Waals surface area contributed by atoms with Crippen LogP contribution >= 0.6 is 0 Å². The van der Waals surface area contributed by atoms with Gasteiger partial charge in [0.2, 0.25) is 0 Å². The van der Waals surface area contributed by atoms with Gasteiger partial charge in [-0.15, -0.1) is 0 Å². The Balaban J connectivity index is 0.00000225. The first kappa shape index (κ1) is 21.1. The van der Waals surface area contributed by atoms with Crippen molar-refractivity contribution in [3.8, 4) is 6.07 Å². The molecule has 0 unspecified atom stereocenters. The first-order valence-electron chi connectivity index (χ1n) is 10.4. The van der Waals surface area contributed by atoms with Crippen molar-refractivity contribution in [3.63, 3.8) is 0 Å². The summed E-state index contributed by atoms with van der Waals surface area (Å²) in [5.41, 5.74) is 1.74. The van der Waals surface area contributed by atoms with E-state index in [-0.39, 0.29) is 17.0 Å². The molecule has 0 aliphatic carbocycles. The van der Waals surface area contributed by atoms with Gasteiger partial charge in [0.05, 0.1) is 32.2 Å². The van der Waals surface area contributed by atoms with E-state index < -0.39 is 5.41 Å². The van der Waals surface area contributed by atoms with Gasteiger partial charge in [0, 0.05) is 12.8 Å². The zero-order valence-corrected chi connectivity index (χ0v) is 18.6. The van der Waals surface area contributed by atoms with Crippen LogP contribution in [0.25, 0.3) is 0 Å². The minimum absolute atomic E-state index is 0. The highest BCUT2D eigenvalue weighted by atomic mass is 79.9. The molecule has 0 N–H and O–H groups in total. The van der Waals surface area contributed by atoms with Crippen LogP contribution in [0.5, 0.6) is 0 Å². The summed E-state index contributed by atoms with van der Waals surface area (Å²) in [5, 5.41) is 10.5. The number of nitrogens with zero attached hydrogens (tertiary/aromatic N) is 2. The maximum atomic E-state index is 10.5. The van der Waals surface area contributed by atoms with Crippen LogP contribution in [0.15, 0.2) is 60.7 Å². The lowest BCUT2D eigenvalue weighted by molar-refractivity contribution is -0.950. The van der Waals surface area contributed by atoms with Gasteiger partial charge in [-0.25, -0.2) is 0 Å². The zero-order valence-electron chi connectivity index (χ0n) is 17.0. The second-order valence-electron chi connectivity index (χ2n) is 9.16. The van der Waals surface area contributed by atoms with Crippen LogP contribution in [-0.2, 0) is 5.41 Å². The Labute approximate surface area is 180 Å². The van der Waals surface area contributed by atoms with E-state index in [2.05, 4.69) is 68.7 Å². The molecular weight excluding hydrogens is 408 g/mol. The van der Waals surface area contributed by atoms with E-state index >= 15 is 0 Å². The number of fused-ring (bicyclic) bond motifs is 2. The number of halogens is 1. The van der Waals surface area contributed by atoms with Crippen molar-refractivity contribution in [2.24, 2.45) is 5.92 Å². The first-order chi connectivity index (χ1) is 13.1. The van der Waals surface area contributed by atoms with Crippen LogP contribution in [0.2, 0.25) is 0 Å². The fourth-order valence-electron chi connectivity index (χ4n) is 5.82. The molecule has 2 heterocycles. The number of rotatable bonds is 4. The average molecular weight is 439 g/mol. The Morgan fingerprint density at radius 3 is 1.79 bits per heavy atom. The Bertz CT molecular complexity index is 754. The lowest BCUT2D eigenvalue weighted by Crippen LogP contribution is -3.00. The van der Waals surface area contributed by atoms with Crippen LogP contribution in [0.3, 0.4) is 0 Å². The first-order valence-corrected chi connectivity index (χ1v) is 10.4. The zero-order chi connectivity index (χ0) is 18.9. The molecular formula is C25H31BrN2. The summed E-state index contributed by atoms with van der Waals surface area (Å²) in [4.78, 5) is 0. The van der Waals surface area contributed by atoms with Crippen LogP contribution in [0, 0.1) is 17.2 Å². The van der Waals surface area contributed by atoms with Gasteiger partial charge in [-0.1, -0.05) is 60.7 Å². The molecule has 0 aromatic heterocycles. The lowest BCUT2D eigenvalue weighted by Gasteiger charge is -2.54. The van der Waals surface area contributed by atoms with Crippen molar-refractivity contribution in [3.05, 3.63) is 71.8 Å². The molecule has 4 rings (SSSR count). The highest BCUT2D eigenvalue weighted by molar-refractivity contribution is 5.45. The van der Waals surface area contributed by atoms with Crippen molar-refractivity contribution in [1.29, 1.82) is 5.26 Å². The molecule has 0 saturated carbocycles. The van der Waals surface area contributed by atoms with Gasteiger partial charge in [-0.3, -0.25) is 0 Å². The summed E-state index contributed by atoms with van der Waals surface area (Å²) in [6, 6.07) is 25.2. The lowest BCUT2D eigenvalue weighted by atomic mass is 9.65. The van der Waals surface area contributed by atoms with Gasteiger partial charge >= 0.3 is 0 Å². The summed E-state index contributed by atoms with van der Waals surface area (Å²) >= 11 is 0. The van der Waals surface area contributed by atoms with Crippen molar-refractivity contribution in [2.45, 2.75) is 56.0 Å². The molecule has 0 radical (unpaired) electrons. The third kappa shape index (κ3) is 3.65. The molecule has 2 aromatic rings. The number of piperidine rings is 2. The molecule has 2 nitrogen and oxygen atoms in total. The Morgan fingerprint density at radius 1 is 0.893 bits per heavy atom. The predicted molar refractivity (Wildman–Crippen MR) is 110 cm³/mol. The van der Waals surface area contributed by atoms with E-state index in [1.165, 1.54) is 36.6 Å². The highest BCUT2D eigenvalue weighted by Crippen LogP contribution is 2.46. The van der Waals surface area contributed by atoms with Crippen LogP contribution in [0.4, 0.5) is 0 Å². The molecule has 2 aromatic carbocycles. The molecule has 3 heteroatoms. The molecule has 148 valence electrons. The molecule has 0 amide bonds. The fraction of sp³-hybridized carbons (Fsp3) is 0.480. The minimum Gasteiger partial charge on any atom is -1.00 e. The smallest absolute Gasteiger partial charge is 0.107 e. The van der Waals surface area contributed by atoms with Crippen molar-refractivity contribution < 1.29 is 21.5 Å². The van der Waals surface area contributed by atoms with E-state index in [4.69, 9.17) is 0 Å². The maximum absolute atomic E-state index is 10.5. The van der Waals surface area contributed by atoms with E-state index in [0.717, 1.165) is 29.6 Å². The summed E-state index contributed by atoms with van der Waals surface area (Å²) < 4.78 is 1.19. The number of benzene rings is 2. The predicted octanol–water partition coefficient (Wildman–Crippen LogP) is 2.30. The van der Waals surface area contributed by atoms with E-state index in [1.807, 2.05) is 12.1 Å². The molecule has 28 heavy (non-hydrogen) atoms. The Hall–Kier alpha value is -1.63. The average Bonchev–Trinajstić information content (AvgIpc) is 2.68. The van der Waals surface area contributed by atoms with Gasteiger partial charge in [0.1, 0.15) is 5.41 Å². The molecule has 3 atom stereocenters. The second-order valence-corrected chi connectivity index (χ2v) is 9.16. The van der Waals surface area contributed by atoms with E-state index in [0.29, 0.717) is 5.92 Å². The fourth-order valence-corrected chi connectivity index (χ4v) is 5.82. The van der Waals surface area contributed by atoms with Crippen LogP contribution < -0.4 is 17.0 Å². The summed E-state index contributed by atoms with van der Waals surface area (Å²) in [6.45, 7) is 0. The molecule has 2 aliphatic heterocycles.